The third-order valence-corrected chi connectivity index (χ3v) is 5.08. The molecule has 0 saturated carbocycles. The Morgan fingerprint density at radius 2 is 1.67 bits per heavy atom. The SMILES string of the molecule is C[C@H](CN1CC=CCC1)[C@](O)(Cc1ccccc1)c1ccccc1. The normalized spacial score (nSPS) is 18.9. The summed E-state index contributed by atoms with van der Waals surface area (Å²) in [6.45, 7) is 5.15. The Labute approximate surface area is 145 Å². The summed E-state index contributed by atoms with van der Waals surface area (Å²) in [5.41, 5.74) is 1.33. The summed E-state index contributed by atoms with van der Waals surface area (Å²) in [7, 11) is 0. The van der Waals surface area contributed by atoms with Crippen LogP contribution in [0.4, 0.5) is 0 Å². The van der Waals surface area contributed by atoms with Crippen LogP contribution in [-0.4, -0.2) is 29.6 Å². The molecule has 0 fully saturated rings. The highest BCUT2D eigenvalue weighted by Gasteiger charge is 2.36. The molecule has 0 unspecified atom stereocenters. The number of hydrogen-bond donors (Lipinski definition) is 1. The lowest BCUT2D eigenvalue weighted by atomic mass is 9.77. The van der Waals surface area contributed by atoms with Crippen molar-refractivity contribution in [1.82, 2.24) is 4.90 Å². The predicted octanol–water partition coefficient (Wildman–Crippen LogP) is 4.01. The molecule has 2 aromatic rings. The van der Waals surface area contributed by atoms with Crippen LogP contribution in [0.15, 0.2) is 72.8 Å². The van der Waals surface area contributed by atoms with Crippen molar-refractivity contribution < 1.29 is 5.11 Å². The van der Waals surface area contributed by atoms with Crippen LogP contribution >= 0.6 is 0 Å². The van der Waals surface area contributed by atoms with Gasteiger partial charge in [-0.3, -0.25) is 4.90 Å². The van der Waals surface area contributed by atoms with Gasteiger partial charge in [0.2, 0.25) is 0 Å². The van der Waals surface area contributed by atoms with Crippen molar-refractivity contribution in [3.8, 4) is 0 Å². The molecular formula is C22H27NO. The molecule has 2 atom stereocenters. The third kappa shape index (κ3) is 3.95. The Kier molecular flexibility index (Phi) is 5.49. The van der Waals surface area contributed by atoms with Crippen LogP contribution in [0.3, 0.4) is 0 Å². The molecule has 2 aromatic carbocycles. The monoisotopic (exact) mass is 321 g/mol. The average Bonchev–Trinajstić information content (AvgIpc) is 2.64. The lowest BCUT2D eigenvalue weighted by Crippen LogP contribution is -2.43. The summed E-state index contributed by atoms with van der Waals surface area (Å²) in [5, 5.41) is 11.7. The van der Waals surface area contributed by atoms with E-state index in [1.807, 2.05) is 36.4 Å². The summed E-state index contributed by atoms with van der Waals surface area (Å²) in [6.07, 6.45) is 6.22. The Bertz CT molecular complexity index is 652. The minimum absolute atomic E-state index is 0.145. The number of nitrogens with zero attached hydrogens (tertiary/aromatic N) is 1. The molecule has 0 amide bonds. The maximum atomic E-state index is 11.7. The van der Waals surface area contributed by atoms with E-state index in [2.05, 4.69) is 48.2 Å². The summed E-state index contributed by atoms with van der Waals surface area (Å²) in [4.78, 5) is 2.43. The van der Waals surface area contributed by atoms with E-state index in [1.165, 1.54) is 5.56 Å². The van der Waals surface area contributed by atoms with Crippen LogP contribution in [0.2, 0.25) is 0 Å². The van der Waals surface area contributed by atoms with Crippen LogP contribution in [0.5, 0.6) is 0 Å². The van der Waals surface area contributed by atoms with E-state index < -0.39 is 5.60 Å². The van der Waals surface area contributed by atoms with E-state index in [1.54, 1.807) is 0 Å². The fraction of sp³-hybridized carbons (Fsp3) is 0.364. The first-order valence-corrected chi connectivity index (χ1v) is 8.87. The van der Waals surface area contributed by atoms with Gasteiger partial charge in [-0.05, 0) is 17.5 Å². The molecule has 0 radical (unpaired) electrons. The first-order chi connectivity index (χ1) is 11.7. The highest BCUT2D eigenvalue weighted by Crippen LogP contribution is 2.34. The smallest absolute Gasteiger partial charge is 0.0974 e. The van der Waals surface area contributed by atoms with E-state index in [4.69, 9.17) is 0 Å². The van der Waals surface area contributed by atoms with E-state index >= 15 is 0 Å². The van der Waals surface area contributed by atoms with Crippen molar-refractivity contribution in [3.63, 3.8) is 0 Å². The summed E-state index contributed by atoms with van der Waals surface area (Å²) in [6, 6.07) is 20.5. The molecule has 2 nitrogen and oxygen atoms in total. The molecule has 126 valence electrons. The van der Waals surface area contributed by atoms with Crippen molar-refractivity contribution in [2.24, 2.45) is 5.92 Å². The van der Waals surface area contributed by atoms with Gasteiger partial charge < -0.3 is 5.11 Å². The molecule has 1 N–H and O–H groups in total. The van der Waals surface area contributed by atoms with Gasteiger partial charge in [-0.25, -0.2) is 0 Å². The Morgan fingerprint density at radius 3 is 2.29 bits per heavy atom. The summed E-state index contributed by atoms with van der Waals surface area (Å²) in [5.74, 6) is 0.145. The number of benzene rings is 2. The van der Waals surface area contributed by atoms with E-state index in [-0.39, 0.29) is 5.92 Å². The minimum Gasteiger partial charge on any atom is -0.384 e. The fourth-order valence-electron chi connectivity index (χ4n) is 3.59. The average molecular weight is 321 g/mol. The standard InChI is InChI=1S/C22H27NO/c1-19(18-23-15-9-4-10-16-23)22(24,21-13-7-3-8-14-21)17-20-11-5-2-6-12-20/h2-9,11-14,19,24H,10,15-18H2,1H3/t19-,22-/m1/s1. The van der Waals surface area contributed by atoms with Crippen molar-refractivity contribution >= 4 is 0 Å². The van der Waals surface area contributed by atoms with Crippen LogP contribution in [-0.2, 0) is 12.0 Å². The molecule has 0 aromatic heterocycles. The van der Waals surface area contributed by atoms with Crippen molar-refractivity contribution in [2.45, 2.75) is 25.4 Å². The molecule has 3 rings (SSSR count). The van der Waals surface area contributed by atoms with Crippen LogP contribution in [0, 0.1) is 5.92 Å². The number of rotatable bonds is 6. The van der Waals surface area contributed by atoms with Gasteiger partial charge in [-0.2, -0.15) is 0 Å². The highest BCUT2D eigenvalue weighted by atomic mass is 16.3. The molecule has 0 saturated heterocycles. The van der Waals surface area contributed by atoms with Gasteiger partial charge in [0.1, 0.15) is 0 Å². The zero-order chi connectivity index (χ0) is 16.8. The zero-order valence-electron chi connectivity index (χ0n) is 14.4. The predicted molar refractivity (Wildman–Crippen MR) is 99.8 cm³/mol. The van der Waals surface area contributed by atoms with Gasteiger partial charge in [-0.1, -0.05) is 79.7 Å². The van der Waals surface area contributed by atoms with Gasteiger partial charge >= 0.3 is 0 Å². The molecule has 1 aliphatic rings. The zero-order valence-corrected chi connectivity index (χ0v) is 14.4. The fourth-order valence-corrected chi connectivity index (χ4v) is 3.59. The van der Waals surface area contributed by atoms with Crippen LogP contribution in [0.25, 0.3) is 0 Å². The van der Waals surface area contributed by atoms with Gasteiger partial charge in [0.25, 0.3) is 0 Å². The Hall–Kier alpha value is -1.90. The van der Waals surface area contributed by atoms with Gasteiger partial charge in [0.15, 0.2) is 0 Å². The second kappa shape index (κ2) is 7.78. The molecule has 2 heteroatoms. The van der Waals surface area contributed by atoms with Crippen molar-refractivity contribution in [2.75, 3.05) is 19.6 Å². The van der Waals surface area contributed by atoms with Crippen LogP contribution < -0.4 is 0 Å². The summed E-state index contributed by atoms with van der Waals surface area (Å²) < 4.78 is 0. The molecular weight excluding hydrogens is 294 g/mol. The first-order valence-electron chi connectivity index (χ1n) is 8.87. The van der Waals surface area contributed by atoms with Crippen molar-refractivity contribution in [1.29, 1.82) is 0 Å². The maximum absolute atomic E-state index is 11.7. The number of hydrogen-bond acceptors (Lipinski definition) is 2. The molecule has 1 heterocycles. The lowest BCUT2D eigenvalue weighted by Gasteiger charge is -2.38. The topological polar surface area (TPSA) is 23.5 Å². The first kappa shape index (κ1) is 16.9. The van der Waals surface area contributed by atoms with E-state index in [0.29, 0.717) is 6.42 Å². The quantitative estimate of drug-likeness (QED) is 0.813. The maximum Gasteiger partial charge on any atom is 0.0974 e. The largest absolute Gasteiger partial charge is 0.384 e. The van der Waals surface area contributed by atoms with Crippen LogP contribution in [0.1, 0.15) is 24.5 Å². The number of aliphatic hydroxyl groups is 1. The highest BCUT2D eigenvalue weighted by molar-refractivity contribution is 5.28. The van der Waals surface area contributed by atoms with Gasteiger partial charge in [0.05, 0.1) is 5.60 Å². The Morgan fingerprint density at radius 1 is 1.00 bits per heavy atom. The third-order valence-electron chi connectivity index (χ3n) is 5.08. The van der Waals surface area contributed by atoms with E-state index in [0.717, 1.165) is 31.6 Å². The van der Waals surface area contributed by atoms with Gasteiger partial charge in [-0.15, -0.1) is 0 Å². The molecule has 24 heavy (non-hydrogen) atoms. The molecule has 0 spiro atoms. The second-order valence-electron chi connectivity index (χ2n) is 6.87. The molecule has 0 bridgehead atoms. The van der Waals surface area contributed by atoms with E-state index in [9.17, 15) is 5.11 Å². The molecule has 0 aliphatic carbocycles. The second-order valence-corrected chi connectivity index (χ2v) is 6.87. The summed E-state index contributed by atoms with van der Waals surface area (Å²) >= 11 is 0. The van der Waals surface area contributed by atoms with Gasteiger partial charge in [0, 0.05) is 32.0 Å². The van der Waals surface area contributed by atoms with Crippen molar-refractivity contribution in [3.05, 3.63) is 83.9 Å². The molecule has 1 aliphatic heterocycles. The lowest BCUT2D eigenvalue weighted by molar-refractivity contribution is -0.0290. The Balaban J connectivity index is 1.85. The minimum atomic E-state index is -0.857.